The number of hydrogen-bond donors (Lipinski definition) is 2. The highest BCUT2D eigenvalue weighted by Gasteiger charge is 2.40. The van der Waals surface area contributed by atoms with Gasteiger partial charge >= 0.3 is 0 Å². The molecule has 2 N–H and O–H groups in total. The van der Waals surface area contributed by atoms with Crippen LogP contribution in [0, 0.1) is 0 Å². The van der Waals surface area contributed by atoms with Gasteiger partial charge < -0.3 is 14.8 Å². The van der Waals surface area contributed by atoms with Gasteiger partial charge in [0.05, 0.1) is 18.2 Å². The summed E-state index contributed by atoms with van der Waals surface area (Å²) in [4.78, 5) is 0. The second-order valence-corrected chi connectivity index (χ2v) is 11.8. The predicted molar refractivity (Wildman–Crippen MR) is 74.8 cm³/mol. The number of rotatable bonds is 3. The molecule has 0 aromatic carbocycles. The van der Waals surface area contributed by atoms with Gasteiger partial charge in [0.1, 0.15) is 0 Å². The van der Waals surface area contributed by atoms with Crippen LogP contribution in [0.1, 0.15) is 40.5 Å². The van der Waals surface area contributed by atoms with E-state index in [2.05, 4.69) is 39.2 Å². The van der Waals surface area contributed by atoms with E-state index in [1.165, 1.54) is 0 Å². The maximum absolute atomic E-state index is 10.3. The molecule has 0 aliphatic carbocycles. The summed E-state index contributed by atoms with van der Waals surface area (Å²) >= 11 is 0. The van der Waals surface area contributed by atoms with Crippen molar-refractivity contribution in [3.63, 3.8) is 0 Å². The average molecular weight is 259 g/mol. The zero-order chi connectivity index (χ0) is 13.3. The van der Waals surface area contributed by atoms with E-state index in [-0.39, 0.29) is 11.1 Å². The van der Waals surface area contributed by atoms with E-state index < -0.39 is 13.9 Å². The summed E-state index contributed by atoms with van der Waals surface area (Å²) in [5.74, 6) is 0. The molecule has 0 bridgehead atoms. The lowest BCUT2D eigenvalue weighted by Crippen LogP contribution is -2.57. The van der Waals surface area contributed by atoms with Crippen LogP contribution in [0.15, 0.2) is 0 Å². The van der Waals surface area contributed by atoms with Crippen molar-refractivity contribution in [1.82, 2.24) is 5.32 Å². The van der Waals surface area contributed by atoms with Gasteiger partial charge in [-0.15, -0.1) is 0 Å². The van der Waals surface area contributed by atoms with Gasteiger partial charge in [0.25, 0.3) is 0 Å². The number of piperidine rings is 1. The van der Waals surface area contributed by atoms with Crippen LogP contribution in [0.2, 0.25) is 18.1 Å². The second kappa shape index (κ2) is 5.00. The fourth-order valence-electron chi connectivity index (χ4n) is 1.86. The minimum atomic E-state index is -1.70. The largest absolute Gasteiger partial charge is 0.415 e. The van der Waals surface area contributed by atoms with Crippen molar-refractivity contribution < 1.29 is 9.53 Å². The number of aliphatic hydroxyl groups is 1. The highest BCUT2D eigenvalue weighted by Crippen LogP contribution is 2.37. The molecule has 1 heterocycles. The van der Waals surface area contributed by atoms with E-state index in [0.29, 0.717) is 6.61 Å². The highest BCUT2D eigenvalue weighted by atomic mass is 28.4. The van der Waals surface area contributed by atoms with Crippen molar-refractivity contribution in [2.75, 3.05) is 13.2 Å². The third-order valence-electron chi connectivity index (χ3n) is 4.42. The normalized spacial score (nSPS) is 31.6. The minimum Gasteiger partial charge on any atom is -0.415 e. The summed E-state index contributed by atoms with van der Waals surface area (Å²) in [5.41, 5.74) is -0.624. The molecule has 1 aliphatic heterocycles. The van der Waals surface area contributed by atoms with Crippen molar-refractivity contribution in [3.8, 4) is 0 Å². The molecule has 2 atom stereocenters. The molecule has 0 aromatic heterocycles. The van der Waals surface area contributed by atoms with Crippen molar-refractivity contribution in [2.24, 2.45) is 0 Å². The topological polar surface area (TPSA) is 41.5 Å². The van der Waals surface area contributed by atoms with E-state index in [1.54, 1.807) is 0 Å². The molecule has 0 saturated carbocycles. The van der Waals surface area contributed by atoms with E-state index in [1.807, 2.05) is 6.92 Å². The van der Waals surface area contributed by atoms with Gasteiger partial charge in [-0.1, -0.05) is 20.8 Å². The maximum Gasteiger partial charge on any atom is 0.192 e. The first-order chi connectivity index (χ1) is 7.56. The molecule has 1 aliphatic rings. The molecule has 102 valence electrons. The second-order valence-electron chi connectivity index (χ2n) is 7.04. The molecule has 1 fully saturated rings. The summed E-state index contributed by atoms with van der Waals surface area (Å²) in [5, 5.41) is 13.9. The lowest BCUT2D eigenvalue weighted by molar-refractivity contribution is -0.0227. The Morgan fingerprint density at radius 2 is 2.00 bits per heavy atom. The van der Waals surface area contributed by atoms with Gasteiger partial charge in [-0.05, 0) is 44.4 Å². The number of nitrogens with one attached hydrogen (secondary N) is 1. The smallest absolute Gasteiger partial charge is 0.192 e. The van der Waals surface area contributed by atoms with Crippen LogP contribution in [0.4, 0.5) is 0 Å². The number of hydrogen-bond acceptors (Lipinski definition) is 3. The molecule has 1 saturated heterocycles. The molecular formula is C13H29NO2Si. The zero-order valence-corrected chi connectivity index (χ0v) is 13.3. The first-order valence-corrected chi connectivity index (χ1v) is 9.57. The summed E-state index contributed by atoms with van der Waals surface area (Å²) in [7, 11) is -1.70. The maximum atomic E-state index is 10.3. The van der Waals surface area contributed by atoms with Crippen molar-refractivity contribution in [1.29, 1.82) is 0 Å². The third-order valence-corrected chi connectivity index (χ3v) is 8.92. The van der Waals surface area contributed by atoms with Crippen molar-refractivity contribution in [3.05, 3.63) is 0 Å². The van der Waals surface area contributed by atoms with E-state index in [4.69, 9.17) is 4.43 Å². The van der Waals surface area contributed by atoms with Gasteiger partial charge in [-0.2, -0.15) is 0 Å². The van der Waals surface area contributed by atoms with Crippen LogP contribution in [0.25, 0.3) is 0 Å². The van der Waals surface area contributed by atoms with Crippen LogP contribution < -0.4 is 5.32 Å². The Labute approximate surface area is 107 Å². The Morgan fingerprint density at radius 1 is 1.41 bits per heavy atom. The van der Waals surface area contributed by atoms with E-state index >= 15 is 0 Å². The molecule has 0 aromatic rings. The lowest BCUT2D eigenvalue weighted by Gasteiger charge is -2.42. The van der Waals surface area contributed by atoms with E-state index in [0.717, 1.165) is 19.4 Å². The molecule has 0 unspecified atom stereocenters. The van der Waals surface area contributed by atoms with E-state index in [9.17, 15) is 5.11 Å². The molecule has 17 heavy (non-hydrogen) atoms. The fourth-order valence-corrected chi connectivity index (χ4v) is 2.88. The summed E-state index contributed by atoms with van der Waals surface area (Å²) in [6.45, 7) is 14.8. The Bertz CT molecular complexity index is 259. The summed E-state index contributed by atoms with van der Waals surface area (Å²) < 4.78 is 6.19. The SMILES string of the molecule is CC(C)(C)[Si](C)(C)OC[C@H]1NCCC[C@@]1(C)O. The molecule has 0 spiro atoms. The molecule has 3 nitrogen and oxygen atoms in total. The fraction of sp³-hybridized carbons (Fsp3) is 1.00. The van der Waals surface area contributed by atoms with Gasteiger partial charge in [-0.25, -0.2) is 0 Å². The molecule has 0 radical (unpaired) electrons. The Kier molecular flexibility index (Phi) is 4.45. The van der Waals surface area contributed by atoms with Crippen molar-refractivity contribution >= 4 is 8.32 Å². The van der Waals surface area contributed by atoms with Gasteiger partial charge in [0.15, 0.2) is 8.32 Å². The van der Waals surface area contributed by atoms with Crippen LogP contribution in [-0.2, 0) is 4.43 Å². The first-order valence-electron chi connectivity index (χ1n) is 6.66. The van der Waals surface area contributed by atoms with Gasteiger partial charge in [-0.3, -0.25) is 0 Å². The Hall–Kier alpha value is 0.0969. The summed E-state index contributed by atoms with van der Waals surface area (Å²) in [6, 6.07) is 0.0744. The highest BCUT2D eigenvalue weighted by molar-refractivity contribution is 6.74. The zero-order valence-electron chi connectivity index (χ0n) is 12.3. The molecule has 0 amide bonds. The summed E-state index contributed by atoms with van der Waals surface area (Å²) in [6.07, 6.45) is 1.91. The van der Waals surface area contributed by atoms with Crippen LogP contribution >= 0.6 is 0 Å². The van der Waals surface area contributed by atoms with Crippen molar-refractivity contribution in [2.45, 2.75) is 70.3 Å². The quantitative estimate of drug-likeness (QED) is 0.765. The standard InChI is InChI=1S/C13H29NO2Si/c1-12(2,3)17(5,6)16-10-11-13(4,15)8-7-9-14-11/h11,14-15H,7-10H2,1-6H3/t11-,13-/m1/s1. The van der Waals surface area contributed by atoms with Crippen LogP contribution in [-0.4, -0.2) is 38.2 Å². The monoisotopic (exact) mass is 259 g/mol. The van der Waals surface area contributed by atoms with Gasteiger partial charge in [0, 0.05) is 0 Å². The lowest BCUT2D eigenvalue weighted by atomic mass is 9.88. The van der Waals surface area contributed by atoms with Crippen LogP contribution in [0.3, 0.4) is 0 Å². The Morgan fingerprint density at radius 3 is 2.47 bits per heavy atom. The minimum absolute atomic E-state index is 0.0744. The van der Waals surface area contributed by atoms with Gasteiger partial charge in [0.2, 0.25) is 0 Å². The Balaban J connectivity index is 2.55. The molecule has 1 rings (SSSR count). The van der Waals surface area contributed by atoms with Crippen LogP contribution in [0.5, 0.6) is 0 Å². The molecular weight excluding hydrogens is 230 g/mol. The third kappa shape index (κ3) is 3.78. The first kappa shape index (κ1) is 15.2. The molecule has 4 heteroatoms. The average Bonchev–Trinajstić information content (AvgIpc) is 2.13. The predicted octanol–water partition coefficient (Wildman–Crippen LogP) is 2.51.